The SMILES string of the molecule is C=CCC(OS(C)(=O)=O)(C(=O)O)C(CC=C)(OS(C)(=O)=O)C(=O)O. The maximum absolute atomic E-state index is 11.8. The Morgan fingerprint density at radius 2 is 1.12 bits per heavy atom. The third kappa shape index (κ3) is 4.87. The summed E-state index contributed by atoms with van der Waals surface area (Å²) in [5, 5.41) is 19.0. The number of hydrogen-bond donors (Lipinski definition) is 2. The van der Waals surface area contributed by atoms with Gasteiger partial charge in [-0.2, -0.15) is 16.8 Å². The first-order valence-electron chi connectivity index (χ1n) is 6.17. The summed E-state index contributed by atoms with van der Waals surface area (Å²) in [6.07, 6.45) is 0.928. The molecule has 0 amide bonds. The van der Waals surface area contributed by atoms with Crippen LogP contribution in [0.4, 0.5) is 0 Å². The molecule has 0 fully saturated rings. The van der Waals surface area contributed by atoms with Crippen LogP contribution < -0.4 is 0 Å². The lowest BCUT2D eigenvalue weighted by molar-refractivity contribution is -0.193. The number of rotatable bonds is 11. The fraction of sp³-hybridized carbons (Fsp3) is 0.500. The summed E-state index contributed by atoms with van der Waals surface area (Å²) in [4.78, 5) is 23.6. The van der Waals surface area contributed by atoms with Gasteiger partial charge in [0.1, 0.15) is 0 Å². The van der Waals surface area contributed by atoms with E-state index < -0.39 is 56.2 Å². The molecule has 2 atom stereocenters. The maximum Gasteiger partial charge on any atom is 0.341 e. The van der Waals surface area contributed by atoms with Crippen molar-refractivity contribution in [1.29, 1.82) is 0 Å². The van der Waals surface area contributed by atoms with Crippen LogP contribution in [-0.4, -0.2) is 62.7 Å². The highest BCUT2D eigenvalue weighted by Gasteiger charge is 2.66. The zero-order chi connectivity index (χ0) is 19.4. The van der Waals surface area contributed by atoms with E-state index in [0.29, 0.717) is 12.5 Å². The summed E-state index contributed by atoms with van der Waals surface area (Å²) in [6, 6.07) is 0. The average Bonchev–Trinajstić information content (AvgIpc) is 2.33. The highest BCUT2D eigenvalue weighted by molar-refractivity contribution is 7.86. The minimum atomic E-state index is -4.54. The van der Waals surface area contributed by atoms with Crippen LogP contribution in [0.15, 0.2) is 25.3 Å². The van der Waals surface area contributed by atoms with Crippen molar-refractivity contribution < 1.29 is 45.0 Å². The van der Waals surface area contributed by atoms with Crippen molar-refractivity contribution in [3.05, 3.63) is 25.3 Å². The smallest absolute Gasteiger partial charge is 0.341 e. The van der Waals surface area contributed by atoms with Crippen LogP contribution in [0, 0.1) is 0 Å². The molecule has 0 aliphatic rings. The van der Waals surface area contributed by atoms with Crippen molar-refractivity contribution in [2.45, 2.75) is 24.0 Å². The first-order valence-corrected chi connectivity index (χ1v) is 9.80. The molecule has 10 nitrogen and oxygen atoms in total. The summed E-state index contributed by atoms with van der Waals surface area (Å²) in [5.41, 5.74) is -6.27. The fourth-order valence-electron chi connectivity index (χ4n) is 2.05. The lowest BCUT2D eigenvalue weighted by Gasteiger charge is -2.41. The zero-order valence-corrected chi connectivity index (χ0v) is 14.6. The lowest BCUT2D eigenvalue weighted by Crippen LogP contribution is -2.67. The molecule has 0 aromatic rings. The Hall–Kier alpha value is -1.76. The molecule has 138 valence electrons. The van der Waals surface area contributed by atoms with Gasteiger partial charge in [0.2, 0.25) is 11.2 Å². The predicted octanol–water partition coefficient (Wildman–Crippen LogP) is -0.262. The predicted molar refractivity (Wildman–Crippen MR) is 82.2 cm³/mol. The molecule has 24 heavy (non-hydrogen) atoms. The molecule has 0 spiro atoms. The second-order valence-electron chi connectivity index (χ2n) is 4.82. The van der Waals surface area contributed by atoms with Gasteiger partial charge >= 0.3 is 11.9 Å². The van der Waals surface area contributed by atoms with Crippen LogP contribution in [0.3, 0.4) is 0 Å². The van der Waals surface area contributed by atoms with E-state index in [2.05, 4.69) is 21.5 Å². The molecule has 0 bridgehead atoms. The van der Waals surface area contributed by atoms with Gasteiger partial charge in [-0.05, 0) is 0 Å². The van der Waals surface area contributed by atoms with Crippen molar-refractivity contribution in [2.75, 3.05) is 12.5 Å². The van der Waals surface area contributed by atoms with E-state index in [1.807, 2.05) is 0 Å². The normalized spacial score (nSPS) is 17.2. The minimum absolute atomic E-state index is 0.481. The van der Waals surface area contributed by atoms with Gasteiger partial charge in [0.05, 0.1) is 12.5 Å². The van der Waals surface area contributed by atoms with Crippen LogP contribution in [-0.2, 0) is 38.2 Å². The monoisotopic (exact) mass is 386 g/mol. The second-order valence-corrected chi connectivity index (χ2v) is 7.97. The molecule has 2 N–H and O–H groups in total. The van der Waals surface area contributed by atoms with E-state index in [0.717, 1.165) is 12.2 Å². The topological polar surface area (TPSA) is 161 Å². The van der Waals surface area contributed by atoms with Gasteiger partial charge in [-0.15, -0.1) is 13.2 Å². The Kier molecular flexibility index (Phi) is 6.88. The van der Waals surface area contributed by atoms with Crippen molar-refractivity contribution >= 4 is 32.2 Å². The highest BCUT2D eigenvalue weighted by atomic mass is 32.2. The number of carbonyl (C=O) groups is 2. The first-order chi connectivity index (χ1) is 10.7. The van der Waals surface area contributed by atoms with Crippen LogP contribution in [0.1, 0.15) is 12.8 Å². The molecule has 12 heteroatoms. The van der Waals surface area contributed by atoms with Gasteiger partial charge in [0.15, 0.2) is 0 Å². The van der Waals surface area contributed by atoms with Crippen molar-refractivity contribution in [1.82, 2.24) is 0 Å². The third-order valence-corrected chi connectivity index (χ3v) is 3.97. The molecule has 0 aliphatic carbocycles. The molecule has 0 heterocycles. The number of carboxylic acid groups (broad SMARTS) is 2. The Morgan fingerprint density at radius 1 is 0.875 bits per heavy atom. The summed E-state index contributed by atoms with van der Waals surface area (Å²) >= 11 is 0. The van der Waals surface area contributed by atoms with Gasteiger partial charge in [0, 0.05) is 12.8 Å². The third-order valence-electron chi connectivity index (χ3n) is 2.79. The quantitative estimate of drug-likeness (QED) is 0.357. The van der Waals surface area contributed by atoms with Gasteiger partial charge in [0.25, 0.3) is 20.2 Å². The molecule has 0 aromatic carbocycles. The van der Waals surface area contributed by atoms with Crippen LogP contribution in [0.25, 0.3) is 0 Å². The van der Waals surface area contributed by atoms with Crippen molar-refractivity contribution in [3.8, 4) is 0 Å². The average molecular weight is 386 g/mol. The fourth-order valence-corrected chi connectivity index (χ4v) is 3.63. The van der Waals surface area contributed by atoms with E-state index in [9.17, 15) is 36.6 Å². The largest absolute Gasteiger partial charge is 0.479 e. The molecular weight excluding hydrogens is 368 g/mol. The highest BCUT2D eigenvalue weighted by Crippen LogP contribution is 2.40. The van der Waals surface area contributed by atoms with Gasteiger partial charge in [-0.1, -0.05) is 12.2 Å². The molecule has 0 aliphatic heterocycles. The Labute approximate surface area is 139 Å². The molecule has 0 aromatic heterocycles. The molecule has 0 saturated heterocycles. The van der Waals surface area contributed by atoms with Crippen molar-refractivity contribution in [2.24, 2.45) is 0 Å². The maximum atomic E-state index is 11.8. The Bertz CT molecular complexity index is 672. The molecular formula is C12H18O10S2. The summed E-state index contributed by atoms with van der Waals surface area (Å²) < 4.78 is 55.2. The number of hydrogen-bond acceptors (Lipinski definition) is 8. The van der Waals surface area contributed by atoms with Gasteiger partial charge < -0.3 is 10.2 Å². The van der Waals surface area contributed by atoms with Gasteiger partial charge in [-0.25, -0.2) is 18.0 Å². The summed E-state index contributed by atoms with van der Waals surface area (Å²) in [5.74, 6) is -4.14. The van der Waals surface area contributed by atoms with E-state index in [4.69, 9.17) is 0 Å². The Balaban J connectivity index is 6.98. The van der Waals surface area contributed by atoms with Crippen LogP contribution in [0.5, 0.6) is 0 Å². The van der Waals surface area contributed by atoms with Gasteiger partial charge in [-0.3, -0.25) is 0 Å². The lowest BCUT2D eigenvalue weighted by atomic mass is 9.78. The summed E-state index contributed by atoms with van der Waals surface area (Å²) in [7, 11) is -9.08. The van der Waals surface area contributed by atoms with E-state index in [1.165, 1.54) is 0 Å². The first kappa shape index (κ1) is 22.2. The minimum Gasteiger partial charge on any atom is -0.479 e. The second kappa shape index (κ2) is 7.42. The van der Waals surface area contributed by atoms with E-state index in [-0.39, 0.29) is 0 Å². The van der Waals surface area contributed by atoms with E-state index >= 15 is 0 Å². The standard InChI is InChI=1S/C12H18O10S2/c1-5-7-11(9(13)14,21-23(3,17)18)12(8-6-2,10(15)16)22-24(4,19)20/h5-6H,1-2,7-8H2,3-4H3,(H,13,14)(H,15,16). The molecule has 0 rings (SSSR count). The summed E-state index contributed by atoms with van der Waals surface area (Å²) in [6.45, 7) is 6.45. The van der Waals surface area contributed by atoms with Crippen molar-refractivity contribution in [3.63, 3.8) is 0 Å². The van der Waals surface area contributed by atoms with E-state index in [1.54, 1.807) is 0 Å². The molecule has 0 saturated carbocycles. The number of carboxylic acids is 2. The van der Waals surface area contributed by atoms with Crippen LogP contribution >= 0.6 is 0 Å². The zero-order valence-electron chi connectivity index (χ0n) is 13.0. The molecule has 2 unspecified atom stereocenters. The number of aliphatic carboxylic acids is 2. The molecule has 0 radical (unpaired) electrons. The van der Waals surface area contributed by atoms with Crippen LogP contribution in [0.2, 0.25) is 0 Å². The Morgan fingerprint density at radius 3 is 1.25 bits per heavy atom.